The molecule has 0 radical (unpaired) electrons. The Morgan fingerprint density at radius 2 is 1.32 bits per heavy atom. The van der Waals surface area contributed by atoms with Crippen LogP contribution in [0.15, 0.2) is 97.1 Å². The second-order valence-electron chi connectivity index (χ2n) is 7.97. The van der Waals surface area contributed by atoms with Gasteiger partial charge in [0, 0.05) is 12.1 Å². The number of carbonyl (C=O) groups is 1. The number of nitrogens with zero attached hydrogens (tertiary/aromatic N) is 1. The molecular weight excluding hydrogens is 426 g/mol. The minimum absolute atomic E-state index is 0.434. The molecule has 0 saturated carbocycles. The highest BCUT2D eigenvalue weighted by Gasteiger charge is 2.25. The smallest absolute Gasteiger partial charge is 0.345 e. The molecule has 5 rings (SSSR count). The van der Waals surface area contributed by atoms with E-state index in [1.54, 1.807) is 19.2 Å². The molecule has 0 aliphatic rings. The third-order valence-corrected chi connectivity index (χ3v) is 5.84. The van der Waals surface area contributed by atoms with Crippen molar-refractivity contribution in [3.8, 4) is 17.2 Å². The van der Waals surface area contributed by atoms with Crippen LogP contribution in [0.5, 0.6) is 17.2 Å². The molecule has 0 aliphatic carbocycles. The predicted octanol–water partition coefficient (Wildman–Crippen LogP) is 5.62. The lowest BCUT2D eigenvalue weighted by Gasteiger charge is -2.13. The van der Waals surface area contributed by atoms with Gasteiger partial charge in [0.05, 0.1) is 23.4 Å². The summed E-state index contributed by atoms with van der Waals surface area (Å²) >= 11 is 0. The molecule has 0 atom stereocenters. The van der Waals surface area contributed by atoms with Crippen molar-refractivity contribution in [2.45, 2.75) is 6.61 Å². The number of esters is 1. The van der Waals surface area contributed by atoms with E-state index in [-0.39, 0.29) is 0 Å². The Hall–Kier alpha value is -4.38. The number of hydrogen-bond acceptors (Lipinski definition) is 4. The lowest BCUT2D eigenvalue weighted by atomic mass is 10.0. The van der Waals surface area contributed by atoms with Gasteiger partial charge in [0.2, 0.25) is 11.0 Å². The second-order valence-corrected chi connectivity index (χ2v) is 7.97. The zero-order chi connectivity index (χ0) is 23.5. The summed E-state index contributed by atoms with van der Waals surface area (Å²) < 4.78 is 19.3. The largest absolute Gasteiger partial charge is 0.497 e. The van der Waals surface area contributed by atoms with E-state index in [9.17, 15) is 4.79 Å². The van der Waals surface area contributed by atoms with E-state index in [1.807, 2.05) is 92.0 Å². The highest BCUT2D eigenvalue weighted by Crippen LogP contribution is 2.31. The van der Waals surface area contributed by atoms with Crippen molar-refractivity contribution in [1.82, 2.24) is 0 Å². The van der Waals surface area contributed by atoms with Gasteiger partial charge >= 0.3 is 5.97 Å². The topological polar surface area (TPSA) is 48.6 Å². The first-order valence-electron chi connectivity index (χ1n) is 11.0. The van der Waals surface area contributed by atoms with Crippen LogP contribution in [0.2, 0.25) is 0 Å². The quantitative estimate of drug-likeness (QED) is 0.146. The fraction of sp³-hybridized carbons (Fsp3) is 0.103. The van der Waals surface area contributed by atoms with Crippen molar-refractivity contribution < 1.29 is 23.6 Å². The summed E-state index contributed by atoms with van der Waals surface area (Å²) in [5.74, 6) is 1.39. The van der Waals surface area contributed by atoms with Gasteiger partial charge in [-0.25, -0.2) is 4.79 Å². The Balaban J connectivity index is 1.66. The van der Waals surface area contributed by atoms with Crippen LogP contribution in [0, 0.1) is 0 Å². The molecule has 0 saturated heterocycles. The summed E-state index contributed by atoms with van der Waals surface area (Å²) in [5.41, 5.74) is 3.33. The maximum absolute atomic E-state index is 13.5. The summed E-state index contributed by atoms with van der Waals surface area (Å²) in [4.78, 5) is 13.5. The highest BCUT2D eigenvalue weighted by atomic mass is 16.5. The molecule has 0 unspecified atom stereocenters. The van der Waals surface area contributed by atoms with Gasteiger partial charge in [-0.15, -0.1) is 0 Å². The summed E-state index contributed by atoms with van der Waals surface area (Å²) in [6, 6.07) is 30.6. The minimum atomic E-state index is -0.435. The molecule has 0 N–H and O–H groups in total. The molecule has 0 amide bonds. The maximum Gasteiger partial charge on any atom is 0.345 e. The average molecular weight is 451 g/mol. The van der Waals surface area contributed by atoms with Crippen LogP contribution in [0.1, 0.15) is 15.9 Å². The first kappa shape index (κ1) is 21.5. The molecule has 5 aromatic rings. The van der Waals surface area contributed by atoms with E-state index in [1.165, 1.54) is 0 Å². The van der Waals surface area contributed by atoms with Crippen LogP contribution in [-0.4, -0.2) is 13.1 Å². The normalized spacial score (nSPS) is 10.9. The summed E-state index contributed by atoms with van der Waals surface area (Å²) in [6.45, 7) is 0.434. The maximum atomic E-state index is 13.5. The molecule has 4 aromatic carbocycles. The average Bonchev–Trinajstić information content (AvgIpc) is 2.88. The molecule has 0 fully saturated rings. The molecule has 0 spiro atoms. The van der Waals surface area contributed by atoms with Gasteiger partial charge < -0.3 is 14.2 Å². The number of aromatic nitrogens is 1. The fourth-order valence-electron chi connectivity index (χ4n) is 4.11. The molecule has 168 valence electrons. The molecule has 5 nitrogen and oxygen atoms in total. The molecule has 0 bridgehead atoms. The zero-order valence-corrected chi connectivity index (χ0v) is 19.0. The fourth-order valence-corrected chi connectivity index (χ4v) is 4.11. The van der Waals surface area contributed by atoms with Gasteiger partial charge in [0.15, 0.2) is 0 Å². The molecule has 1 heterocycles. The van der Waals surface area contributed by atoms with Crippen LogP contribution < -0.4 is 18.8 Å². The van der Waals surface area contributed by atoms with Gasteiger partial charge in [-0.1, -0.05) is 48.5 Å². The van der Waals surface area contributed by atoms with Crippen LogP contribution >= 0.6 is 0 Å². The Labute approximate surface area is 197 Å². The summed E-state index contributed by atoms with van der Waals surface area (Å²) in [7, 11) is 3.59. The van der Waals surface area contributed by atoms with Gasteiger partial charge in [-0.05, 0) is 42.0 Å². The van der Waals surface area contributed by atoms with Crippen LogP contribution in [-0.2, 0) is 13.7 Å². The van der Waals surface area contributed by atoms with E-state index in [2.05, 4.69) is 4.57 Å². The van der Waals surface area contributed by atoms with Crippen molar-refractivity contribution in [1.29, 1.82) is 0 Å². The first-order chi connectivity index (χ1) is 16.6. The number of benzene rings is 4. The van der Waals surface area contributed by atoms with Crippen LogP contribution in [0.25, 0.3) is 21.8 Å². The SMILES string of the molecule is COc1ccc2c(c1)c(C(=O)Oc1ccccc1)c1cc(OCc3ccccc3)ccc1[n+]2C. The minimum Gasteiger partial charge on any atom is -0.497 e. The summed E-state index contributed by atoms with van der Waals surface area (Å²) in [5, 5.41) is 1.49. The lowest BCUT2D eigenvalue weighted by Crippen LogP contribution is -2.31. The van der Waals surface area contributed by atoms with Crippen LogP contribution in [0.3, 0.4) is 0 Å². The van der Waals surface area contributed by atoms with Gasteiger partial charge in [0.25, 0.3) is 0 Å². The number of hydrogen-bond donors (Lipinski definition) is 0. The van der Waals surface area contributed by atoms with Gasteiger partial charge in [-0.2, -0.15) is 4.57 Å². The monoisotopic (exact) mass is 450 g/mol. The molecule has 5 heteroatoms. The second kappa shape index (κ2) is 9.24. The van der Waals surface area contributed by atoms with Gasteiger partial charge in [0.1, 0.15) is 30.9 Å². The van der Waals surface area contributed by atoms with Crippen molar-refractivity contribution in [2.75, 3.05) is 7.11 Å². The number of rotatable bonds is 6. The summed E-state index contributed by atoms with van der Waals surface area (Å²) in [6.07, 6.45) is 0. The Kier molecular flexibility index (Phi) is 5.83. The number of carbonyl (C=O) groups excluding carboxylic acids is 1. The number of para-hydroxylation sites is 1. The Morgan fingerprint density at radius 3 is 1.97 bits per heavy atom. The van der Waals surface area contributed by atoms with E-state index >= 15 is 0 Å². The van der Waals surface area contributed by atoms with E-state index < -0.39 is 5.97 Å². The van der Waals surface area contributed by atoms with E-state index in [4.69, 9.17) is 14.2 Å². The standard InChI is InChI=1S/C29H24NO4/c1-30-26-15-13-22(32-2)17-24(26)28(29(31)34-21-11-7-4-8-12-21)25-18-23(14-16-27(25)30)33-19-20-9-5-3-6-10-20/h3-18H,19H2,1-2H3/q+1. The third kappa shape index (κ3) is 4.16. The van der Waals surface area contributed by atoms with E-state index in [0.717, 1.165) is 27.4 Å². The first-order valence-corrected chi connectivity index (χ1v) is 11.0. The van der Waals surface area contributed by atoms with Crippen molar-refractivity contribution in [3.05, 3.63) is 108 Å². The third-order valence-electron chi connectivity index (χ3n) is 5.84. The van der Waals surface area contributed by atoms with Crippen molar-refractivity contribution in [3.63, 3.8) is 0 Å². The number of fused-ring (bicyclic) bond motifs is 2. The lowest BCUT2D eigenvalue weighted by molar-refractivity contribution is -0.617. The molecule has 34 heavy (non-hydrogen) atoms. The Morgan fingerprint density at radius 1 is 0.735 bits per heavy atom. The Bertz CT molecular complexity index is 1480. The van der Waals surface area contributed by atoms with Crippen LogP contribution in [0.4, 0.5) is 0 Å². The molecule has 0 aliphatic heterocycles. The number of pyridine rings is 1. The predicted molar refractivity (Wildman–Crippen MR) is 131 cm³/mol. The number of ether oxygens (including phenoxy) is 3. The molecular formula is C29H24NO4+. The van der Waals surface area contributed by atoms with Crippen molar-refractivity contribution >= 4 is 27.8 Å². The van der Waals surface area contributed by atoms with Crippen molar-refractivity contribution in [2.24, 2.45) is 7.05 Å². The van der Waals surface area contributed by atoms with Gasteiger partial charge in [-0.3, -0.25) is 0 Å². The highest BCUT2D eigenvalue weighted by molar-refractivity contribution is 6.13. The molecule has 1 aromatic heterocycles. The van der Waals surface area contributed by atoms with E-state index in [0.29, 0.717) is 29.4 Å². The zero-order valence-electron chi connectivity index (χ0n) is 19.0. The number of methoxy groups -OCH3 is 1. The number of aryl methyl sites for hydroxylation is 1.